The predicted molar refractivity (Wildman–Crippen MR) is 75.2 cm³/mol. The van der Waals surface area contributed by atoms with Crippen molar-refractivity contribution in [3.8, 4) is 5.75 Å². The molecule has 0 radical (unpaired) electrons. The number of thiophene rings is 1. The number of alkyl halides is 1. The van der Waals surface area contributed by atoms with Gasteiger partial charge in [-0.1, -0.05) is 0 Å². The Kier molecular flexibility index (Phi) is 6.46. The van der Waals surface area contributed by atoms with Crippen molar-refractivity contribution in [3.05, 3.63) is 10.3 Å². The van der Waals surface area contributed by atoms with E-state index in [4.69, 9.17) is 21.1 Å². The first-order chi connectivity index (χ1) is 8.65. The Labute approximate surface area is 116 Å². The second-order valence-corrected chi connectivity index (χ2v) is 4.94. The van der Waals surface area contributed by atoms with Crippen LogP contribution < -0.4 is 9.64 Å². The van der Waals surface area contributed by atoms with Gasteiger partial charge >= 0.3 is 0 Å². The summed E-state index contributed by atoms with van der Waals surface area (Å²) in [5, 5.41) is 1.89. The molecule has 18 heavy (non-hydrogen) atoms. The van der Waals surface area contributed by atoms with Gasteiger partial charge in [0.1, 0.15) is 5.88 Å². The minimum Gasteiger partial charge on any atom is -0.494 e. The van der Waals surface area contributed by atoms with Gasteiger partial charge < -0.3 is 14.4 Å². The molecular weight excluding hydrogens is 274 g/mol. The zero-order valence-corrected chi connectivity index (χ0v) is 12.4. The maximum absolute atomic E-state index is 11.9. The molecule has 1 aromatic rings. The molecule has 0 aromatic carbocycles. The van der Waals surface area contributed by atoms with E-state index < -0.39 is 0 Å². The number of rotatable bonds is 7. The Bertz CT molecular complexity index is 395. The van der Waals surface area contributed by atoms with Crippen LogP contribution in [0, 0.1) is 6.92 Å². The molecule has 0 aliphatic carbocycles. The number of hydrogen-bond donors (Lipinski definition) is 0. The SMILES string of the molecule is CCOCCN(C(=O)CCl)c1c(OC)csc1C. The van der Waals surface area contributed by atoms with E-state index in [-0.39, 0.29) is 11.8 Å². The Balaban J connectivity index is 2.93. The fourth-order valence-electron chi connectivity index (χ4n) is 1.63. The molecule has 0 N–H and O–H groups in total. The molecule has 1 aromatic heterocycles. The highest BCUT2D eigenvalue weighted by Gasteiger charge is 2.22. The number of ether oxygens (including phenoxy) is 2. The van der Waals surface area contributed by atoms with E-state index in [0.29, 0.717) is 25.5 Å². The molecule has 0 bridgehead atoms. The first kappa shape index (κ1) is 15.3. The number of halogens is 1. The van der Waals surface area contributed by atoms with E-state index in [0.717, 1.165) is 10.6 Å². The highest BCUT2D eigenvalue weighted by molar-refractivity contribution is 7.10. The standard InChI is InChI=1S/C12H18ClNO3S/c1-4-17-6-5-14(11(15)7-13)12-9(2)18-8-10(12)16-3/h8H,4-7H2,1-3H3. The minimum atomic E-state index is -0.142. The lowest BCUT2D eigenvalue weighted by Gasteiger charge is -2.22. The predicted octanol–water partition coefficient (Wildman–Crippen LogP) is 2.67. The molecule has 0 saturated heterocycles. The third kappa shape index (κ3) is 3.60. The third-order valence-corrected chi connectivity index (χ3v) is 3.59. The Hall–Kier alpha value is -0.780. The lowest BCUT2D eigenvalue weighted by Crippen LogP contribution is -2.35. The van der Waals surface area contributed by atoms with Gasteiger partial charge in [-0.05, 0) is 13.8 Å². The Morgan fingerprint density at radius 3 is 2.83 bits per heavy atom. The molecule has 1 rings (SSSR count). The number of carbonyl (C=O) groups is 1. The van der Waals surface area contributed by atoms with Crippen molar-refractivity contribution in [2.24, 2.45) is 0 Å². The number of carbonyl (C=O) groups excluding carboxylic acids is 1. The van der Waals surface area contributed by atoms with E-state index in [1.165, 1.54) is 0 Å². The second-order valence-electron chi connectivity index (χ2n) is 3.58. The molecule has 0 atom stereocenters. The maximum atomic E-state index is 11.9. The van der Waals surface area contributed by atoms with Crippen LogP contribution in [0.2, 0.25) is 0 Å². The van der Waals surface area contributed by atoms with E-state index in [1.54, 1.807) is 23.3 Å². The van der Waals surface area contributed by atoms with E-state index in [2.05, 4.69) is 0 Å². The highest BCUT2D eigenvalue weighted by atomic mass is 35.5. The second kappa shape index (κ2) is 7.61. The molecule has 0 aliphatic heterocycles. The van der Waals surface area contributed by atoms with E-state index >= 15 is 0 Å². The van der Waals surface area contributed by atoms with Gasteiger partial charge in [-0.15, -0.1) is 22.9 Å². The van der Waals surface area contributed by atoms with Crippen LogP contribution in [0.15, 0.2) is 5.38 Å². The summed E-state index contributed by atoms with van der Waals surface area (Å²) in [5.41, 5.74) is 0.799. The quantitative estimate of drug-likeness (QED) is 0.573. The van der Waals surface area contributed by atoms with Gasteiger partial charge in [0.2, 0.25) is 5.91 Å². The Morgan fingerprint density at radius 2 is 2.28 bits per heavy atom. The summed E-state index contributed by atoms with van der Waals surface area (Å²) in [7, 11) is 1.59. The molecule has 0 saturated carbocycles. The van der Waals surface area contributed by atoms with Crippen molar-refractivity contribution in [3.63, 3.8) is 0 Å². The number of anilines is 1. The monoisotopic (exact) mass is 291 g/mol. The van der Waals surface area contributed by atoms with Gasteiger partial charge in [0.15, 0.2) is 5.75 Å². The first-order valence-corrected chi connectivity index (χ1v) is 7.13. The number of hydrogen-bond acceptors (Lipinski definition) is 4. The van der Waals surface area contributed by atoms with Crippen LogP contribution >= 0.6 is 22.9 Å². The highest BCUT2D eigenvalue weighted by Crippen LogP contribution is 2.37. The molecule has 0 spiro atoms. The van der Waals surface area contributed by atoms with Gasteiger partial charge in [0, 0.05) is 23.4 Å². The van der Waals surface area contributed by atoms with Crippen LogP contribution in [0.4, 0.5) is 5.69 Å². The van der Waals surface area contributed by atoms with Crippen molar-refractivity contribution < 1.29 is 14.3 Å². The molecule has 4 nitrogen and oxygen atoms in total. The van der Waals surface area contributed by atoms with Crippen molar-refractivity contribution in [2.75, 3.05) is 37.6 Å². The molecular formula is C12H18ClNO3S. The van der Waals surface area contributed by atoms with Gasteiger partial charge in [-0.2, -0.15) is 0 Å². The molecule has 0 unspecified atom stereocenters. The summed E-state index contributed by atoms with van der Waals surface area (Å²) >= 11 is 7.20. The molecule has 0 aliphatic rings. The lowest BCUT2D eigenvalue weighted by atomic mass is 10.3. The average Bonchev–Trinajstić information content (AvgIpc) is 2.75. The van der Waals surface area contributed by atoms with Crippen LogP contribution in [-0.2, 0) is 9.53 Å². The van der Waals surface area contributed by atoms with E-state index in [9.17, 15) is 4.79 Å². The molecule has 0 fully saturated rings. The van der Waals surface area contributed by atoms with Crippen LogP contribution in [0.1, 0.15) is 11.8 Å². The zero-order chi connectivity index (χ0) is 13.5. The normalized spacial score (nSPS) is 10.4. The smallest absolute Gasteiger partial charge is 0.242 e. The van der Waals surface area contributed by atoms with Gasteiger partial charge in [-0.25, -0.2) is 0 Å². The number of amides is 1. The number of methoxy groups -OCH3 is 1. The average molecular weight is 292 g/mol. The van der Waals surface area contributed by atoms with Crippen LogP contribution in [-0.4, -0.2) is 38.7 Å². The fourth-order valence-corrected chi connectivity index (χ4v) is 2.59. The molecule has 1 heterocycles. The summed E-state index contributed by atoms with van der Waals surface area (Å²) < 4.78 is 10.6. The zero-order valence-electron chi connectivity index (χ0n) is 10.9. The van der Waals surface area contributed by atoms with Crippen molar-refractivity contribution >= 4 is 34.5 Å². The maximum Gasteiger partial charge on any atom is 0.242 e. The van der Waals surface area contributed by atoms with Crippen molar-refractivity contribution in [1.82, 2.24) is 0 Å². The topological polar surface area (TPSA) is 38.8 Å². The van der Waals surface area contributed by atoms with Gasteiger partial charge in [0.25, 0.3) is 0 Å². The Morgan fingerprint density at radius 1 is 1.56 bits per heavy atom. The van der Waals surface area contributed by atoms with Crippen LogP contribution in [0.3, 0.4) is 0 Å². The summed E-state index contributed by atoms with van der Waals surface area (Å²) in [6.07, 6.45) is 0. The largest absolute Gasteiger partial charge is 0.494 e. The minimum absolute atomic E-state index is 0.0510. The van der Waals surface area contributed by atoms with Crippen molar-refractivity contribution in [1.29, 1.82) is 0 Å². The van der Waals surface area contributed by atoms with Crippen LogP contribution in [0.5, 0.6) is 5.75 Å². The van der Waals surface area contributed by atoms with Crippen molar-refractivity contribution in [2.45, 2.75) is 13.8 Å². The van der Waals surface area contributed by atoms with Crippen LogP contribution in [0.25, 0.3) is 0 Å². The molecule has 1 amide bonds. The summed E-state index contributed by atoms with van der Waals surface area (Å²) in [6.45, 7) is 5.47. The third-order valence-electron chi connectivity index (χ3n) is 2.48. The molecule has 102 valence electrons. The number of nitrogens with zero attached hydrogens (tertiary/aromatic N) is 1. The summed E-state index contributed by atoms with van der Waals surface area (Å²) in [4.78, 5) is 14.6. The van der Waals surface area contributed by atoms with E-state index in [1.807, 2.05) is 19.2 Å². The van der Waals surface area contributed by atoms with Gasteiger partial charge in [-0.3, -0.25) is 4.79 Å². The summed E-state index contributed by atoms with van der Waals surface area (Å²) in [5.74, 6) is 0.508. The van der Waals surface area contributed by atoms with Gasteiger partial charge in [0.05, 0.1) is 19.4 Å². The summed E-state index contributed by atoms with van der Waals surface area (Å²) in [6, 6.07) is 0. The fraction of sp³-hybridized carbons (Fsp3) is 0.583. The first-order valence-electron chi connectivity index (χ1n) is 5.71. The lowest BCUT2D eigenvalue weighted by molar-refractivity contribution is -0.116. The number of aryl methyl sites for hydroxylation is 1. The molecule has 6 heteroatoms.